The van der Waals surface area contributed by atoms with Gasteiger partial charge in [-0.05, 0) is 84.5 Å². The number of aromatic nitrogens is 1. The SMILES string of the molecule is O=C(/C=C/c1ccc(-c2ccc(Cl)cc2)o1)NC(=S)NCc1ccc(-c2nc3ccccc3o2)cc1. The Hall–Kier alpha value is -4.20. The van der Waals surface area contributed by atoms with E-state index in [1.54, 1.807) is 24.3 Å². The number of hydrogen-bond acceptors (Lipinski definition) is 5. The summed E-state index contributed by atoms with van der Waals surface area (Å²) < 4.78 is 11.6. The van der Waals surface area contributed by atoms with E-state index < -0.39 is 0 Å². The summed E-state index contributed by atoms with van der Waals surface area (Å²) in [6.45, 7) is 0.458. The van der Waals surface area contributed by atoms with Gasteiger partial charge in [-0.1, -0.05) is 35.9 Å². The predicted octanol–water partition coefficient (Wildman–Crippen LogP) is 6.61. The zero-order valence-electron chi connectivity index (χ0n) is 18.9. The maximum atomic E-state index is 12.2. The summed E-state index contributed by atoms with van der Waals surface area (Å²) >= 11 is 11.2. The van der Waals surface area contributed by atoms with Gasteiger partial charge in [-0.25, -0.2) is 4.98 Å². The Morgan fingerprint density at radius 2 is 1.67 bits per heavy atom. The number of furan rings is 1. The van der Waals surface area contributed by atoms with Crippen LogP contribution in [0.4, 0.5) is 0 Å². The van der Waals surface area contributed by atoms with Gasteiger partial charge in [0, 0.05) is 28.8 Å². The minimum absolute atomic E-state index is 0.231. The van der Waals surface area contributed by atoms with Gasteiger partial charge in [0.2, 0.25) is 11.8 Å². The van der Waals surface area contributed by atoms with Crippen LogP contribution in [0.5, 0.6) is 0 Å². The van der Waals surface area contributed by atoms with E-state index >= 15 is 0 Å². The summed E-state index contributed by atoms with van der Waals surface area (Å²) in [5, 5.41) is 6.55. The molecule has 0 saturated heterocycles. The Morgan fingerprint density at radius 1 is 0.917 bits per heavy atom. The van der Waals surface area contributed by atoms with Gasteiger partial charge in [0.1, 0.15) is 17.0 Å². The van der Waals surface area contributed by atoms with E-state index in [9.17, 15) is 4.79 Å². The topological polar surface area (TPSA) is 80.3 Å². The lowest BCUT2D eigenvalue weighted by Gasteiger charge is -2.08. The molecule has 0 radical (unpaired) electrons. The molecular weight excluding hydrogens is 494 g/mol. The summed E-state index contributed by atoms with van der Waals surface area (Å²) in [5.74, 6) is 1.45. The van der Waals surface area contributed by atoms with Crippen LogP contribution in [0, 0.1) is 0 Å². The summed E-state index contributed by atoms with van der Waals surface area (Å²) in [7, 11) is 0. The molecule has 5 rings (SSSR count). The molecule has 0 aliphatic rings. The normalized spacial score (nSPS) is 11.1. The van der Waals surface area contributed by atoms with Crippen molar-refractivity contribution in [1.82, 2.24) is 15.6 Å². The number of hydrogen-bond donors (Lipinski definition) is 2. The quantitative estimate of drug-likeness (QED) is 0.196. The zero-order chi connectivity index (χ0) is 24.9. The Balaban J connectivity index is 1.11. The van der Waals surface area contributed by atoms with Gasteiger partial charge in [0.25, 0.3) is 0 Å². The van der Waals surface area contributed by atoms with Gasteiger partial charge >= 0.3 is 0 Å². The largest absolute Gasteiger partial charge is 0.457 e. The molecule has 6 nitrogen and oxygen atoms in total. The number of nitrogens with zero attached hydrogens (tertiary/aromatic N) is 1. The molecule has 8 heteroatoms. The standard InChI is InChI=1S/C28H20ClN3O3S/c29-21-11-9-19(10-12-21)24-15-13-22(34-24)14-16-26(33)32-28(36)30-17-18-5-7-20(8-6-18)27-31-23-3-1-2-4-25(23)35-27/h1-16H,17H2,(H2,30,32,33,36)/b16-14+. The molecule has 178 valence electrons. The first kappa shape index (κ1) is 23.5. The second-order valence-corrected chi connectivity index (χ2v) is 8.74. The first-order valence-corrected chi connectivity index (χ1v) is 11.9. The number of nitrogens with one attached hydrogen (secondary N) is 2. The minimum Gasteiger partial charge on any atom is -0.457 e. The van der Waals surface area contributed by atoms with E-state index in [2.05, 4.69) is 15.6 Å². The fourth-order valence-corrected chi connectivity index (χ4v) is 3.81. The Labute approximate surface area is 217 Å². The molecule has 1 amide bonds. The van der Waals surface area contributed by atoms with E-state index in [1.807, 2.05) is 66.7 Å². The van der Waals surface area contributed by atoms with Crippen LogP contribution < -0.4 is 10.6 Å². The second-order valence-electron chi connectivity index (χ2n) is 7.90. The van der Waals surface area contributed by atoms with E-state index in [0.717, 1.165) is 27.8 Å². The minimum atomic E-state index is -0.358. The number of fused-ring (bicyclic) bond motifs is 1. The lowest BCUT2D eigenvalue weighted by atomic mass is 10.1. The van der Waals surface area contributed by atoms with Crippen LogP contribution in [0.15, 0.2) is 99.8 Å². The van der Waals surface area contributed by atoms with E-state index in [1.165, 1.54) is 6.08 Å². The molecule has 36 heavy (non-hydrogen) atoms. The van der Waals surface area contributed by atoms with Crippen molar-refractivity contribution < 1.29 is 13.6 Å². The molecule has 0 saturated carbocycles. The third-order valence-corrected chi connectivity index (χ3v) is 5.84. The lowest BCUT2D eigenvalue weighted by Crippen LogP contribution is -2.37. The number of amides is 1. The van der Waals surface area contributed by atoms with Crippen molar-refractivity contribution in [2.75, 3.05) is 0 Å². The number of halogens is 1. The van der Waals surface area contributed by atoms with Crippen LogP contribution in [-0.2, 0) is 11.3 Å². The number of oxazole rings is 1. The van der Waals surface area contributed by atoms with Gasteiger partial charge in [0.05, 0.1) is 0 Å². The van der Waals surface area contributed by atoms with Crippen molar-refractivity contribution in [3.8, 4) is 22.8 Å². The molecule has 2 aromatic heterocycles. The van der Waals surface area contributed by atoms with Crippen LogP contribution in [0.1, 0.15) is 11.3 Å². The Kier molecular flexibility index (Phi) is 6.93. The first-order valence-electron chi connectivity index (χ1n) is 11.1. The highest BCUT2D eigenvalue weighted by molar-refractivity contribution is 7.80. The van der Waals surface area contributed by atoms with Crippen molar-refractivity contribution in [2.45, 2.75) is 6.54 Å². The van der Waals surface area contributed by atoms with Gasteiger partial charge in [0.15, 0.2) is 10.7 Å². The maximum absolute atomic E-state index is 12.2. The molecule has 0 spiro atoms. The molecule has 0 aliphatic carbocycles. The molecule has 0 fully saturated rings. The highest BCUT2D eigenvalue weighted by Gasteiger charge is 2.08. The molecule has 0 atom stereocenters. The van der Waals surface area contributed by atoms with E-state index in [-0.39, 0.29) is 11.0 Å². The van der Waals surface area contributed by atoms with Gasteiger partial charge in [-0.2, -0.15) is 0 Å². The van der Waals surface area contributed by atoms with Crippen LogP contribution in [-0.4, -0.2) is 16.0 Å². The third-order valence-electron chi connectivity index (χ3n) is 5.34. The molecule has 0 unspecified atom stereocenters. The first-order chi connectivity index (χ1) is 17.5. The summed E-state index contributed by atoms with van der Waals surface area (Å²) in [4.78, 5) is 16.7. The maximum Gasteiger partial charge on any atom is 0.250 e. The number of carbonyl (C=O) groups excluding carboxylic acids is 1. The monoisotopic (exact) mass is 513 g/mol. The molecule has 5 aromatic rings. The molecule has 3 aromatic carbocycles. The second kappa shape index (κ2) is 10.6. The summed E-state index contributed by atoms with van der Waals surface area (Å²) in [6.07, 6.45) is 2.95. The van der Waals surface area contributed by atoms with E-state index in [4.69, 9.17) is 32.7 Å². The number of para-hydroxylation sites is 2. The Bertz CT molecular complexity index is 1520. The summed E-state index contributed by atoms with van der Waals surface area (Å²) in [6, 6.07) is 26.4. The molecule has 2 N–H and O–H groups in total. The Morgan fingerprint density at radius 3 is 2.44 bits per heavy atom. The average Bonchev–Trinajstić information content (AvgIpc) is 3.54. The van der Waals surface area contributed by atoms with Crippen molar-refractivity contribution in [2.24, 2.45) is 0 Å². The van der Waals surface area contributed by atoms with Gasteiger partial charge in [-0.15, -0.1) is 0 Å². The third kappa shape index (κ3) is 5.71. The van der Waals surface area contributed by atoms with Crippen molar-refractivity contribution >= 4 is 52.0 Å². The lowest BCUT2D eigenvalue weighted by molar-refractivity contribution is -0.115. The predicted molar refractivity (Wildman–Crippen MR) is 145 cm³/mol. The summed E-state index contributed by atoms with van der Waals surface area (Å²) in [5.41, 5.74) is 4.35. The zero-order valence-corrected chi connectivity index (χ0v) is 20.5. The highest BCUT2D eigenvalue weighted by atomic mass is 35.5. The number of rotatable bonds is 6. The fourth-order valence-electron chi connectivity index (χ4n) is 3.51. The fraction of sp³-hybridized carbons (Fsp3) is 0.0357. The van der Waals surface area contributed by atoms with Crippen LogP contribution in [0.3, 0.4) is 0 Å². The molecule has 2 heterocycles. The van der Waals surface area contributed by atoms with Crippen molar-refractivity contribution in [3.63, 3.8) is 0 Å². The molecule has 0 bridgehead atoms. The average molecular weight is 514 g/mol. The smallest absolute Gasteiger partial charge is 0.250 e. The van der Waals surface area contributed by atoms with E-state index in [0.29, 0.717) is 29.0 Å². The molecule has 0 aliphatic heterocycles. The highest BCUT2D eigenvalue weighted by Crippen LogP contribution is 2.25. The van der Waals surface area contributed by atoms with Crippen LogP contribution >= 0.6 is 23.8 Å². The van der Waals surface area contributed by atoms with Gasteiger partial charge < -0.3 is 14.2 Å². The number of thiocarbonyl (C=S) groups is 1. The van der Waals surface area contributed by atoms with Crippen molar-refractivity contribution in [3.05, 3.63) is 107 Å². The molecular formula is C28H20ClN3O3S. The number of benzene rings is 3. The van der Waals surface area contributed by atoms with Gasteiger partial charge in [-0.3, -0.25) is 10.1 Å². The number of carbonyl (C=O) groups is 1. The van der Waals surface area contributed by atoms with Crippen LogP contribution in [0.2, 0.25) is 5.02 Å². The van der Waals surface area contributed by atoms with Crippen LogP contribution in [0.25, 0.3) is 40.0 Å². The van der Waals surface area contributed by atoms with Crippen molar-refractivity contribution in [1.29, 1.82) is 0 Å².